The zero-order valence-electron chi connectivity index (χ0n) is 11.6. The molecule has 9 heteroatoms. The van der Waals surface area contributed by atoms with Crippen LogP contribution in [0.1, 0.15) is 0 Å². The minimum atomic E-state index is -3.86. The Hall–Kier alpha value is -1.70. The van der Waals surface area contributed by atoms with Crippen LogP contribution >= 0.6 is 23.2 Å². The number of hydrogen-bond donors (Lipinski definition) is 1. The van der Waals surface area contributed by atoms with E-state index in [0.29, 0.717) is 5.88 Å². The first-order valence-corrected chi connectivity index (χ1v) is 8.18. The standard InChI is InChI=1S/C13H12Cl2N2O4S/c1-20-12-6-5-11(13(16-12)21-2)17-22(18,19)8-3-4-9(14)10(15)7-8/h3-7,17H,1-2H3. The van der Waals surface area contributed by atoms with Crippen molar-refractivity contribution in [3.63, 3.8) is 0 Å². The van der Waals surface area contributed by atoms with Crippen molar-refractivity contribution in [1.29, 1.82) is 0 Å². The van der Waals surface area contributed by atoms with Crippen LogP contribution in [0.15, 0.2) is 35.2 Å². The van der Waals surface area contributed by atoms with Crippen molar-refractivity contribution in [2.24, 2.45) is 0 Å². The second-order valence-corrected chi connectivity index (χ2v) is 6.59. The summed E-state index contributed by atoms with van der Waals surface area (Å²) in [5.74, 6) is 0.386. The number of halogens is 2. The molecule has 2 rings (SSSR count). The predicted molar refractivity (Wildman–Crippen MR) is 84.6 cm³/mol. The van der Waals surface area contributed by atoms with Gasteiger partial charge in [-0.25, -0.2) is 8.42 Å². The van der Waals surface area contributed by atoms with Crippen molar-refractivity contribution in [1.82, 2.24) is 4.98 Å². The van der Waals surface area contributed by atoms with Gasteiger partial charge >= 0.3 is 0 Å². The van der Waals surface area contributed by atoms with Gasteiger partial charge in [0.25, 0.3) is 10.0 Å². The van der Waals surface area contributed by atoms with Crippen molar-refractivity contribution in [2.45, 2.75) is 4.90 Å². The van der Waals surface area contributed by atoms with E-state index in [1.807, 2.05) is 0 Å². The highest BCUT2D eigenvalue weighted by molar-refractivity contribution is 7.92. The molecule has 0 amide bonds. The lowest BCUT2D eigenvalue weighted by Gasteiger charge is -2.12. The van der Waals surface area contributed by atoms with Gasteiger partial charge in [0, 0.05) is 6.07 Å². The van der Waals surface area contributed by atoms with Gasteiger partial charge in [-0.3, -0.25) is 4.72 Å². The molecule has 118 valence electrons. The van der Waals surface area contributed by atoms with Gasteiger partial charge in [-0.2, -0.15) is 4.98 Å². The molecule has 0 aliphatic rings. The van der Waals surface area contributed by atoms with Crippen molar-refractivity contribution in [2.75, 3.05) is 18.9 Å². The Kier molecular flexibility index (Phi) is 5.00. The van der Waals surface area contributed by atoms with E-state index in [2.05, 4.69) is 9.71 Å². The lowest BCUT2D eigenvalue weighted by Crippen LogP contribution is -2.14. The topological polar surface area (TPSA) is 77.5 Å². The summed E-state index contributed by atoms with van der Waals surface area (Å²) in [6.45, 7) is 0. The number of nitrogens with one attached hydrogen (secondary N) is 1. The third-order valence-electron chi connectivity index (χ3n) is 2.68. The summed E-state index contributed by atoms with van der Waals surface area (Å²) in [6.07, 6.45) is 0. The van der Waals surface area contributed by atoms with Gasteiger partial charge in [0.15, 0.2) is 0 Å². The molecule has 2 aromatic rings. The molecule has 0 bridgehead atoms. The van der Waals surface area contributed by atoms with Crippen LogP contribution in [-0.4, -0.2) is 27.6 Å². The molecule has 0 unspecified atom stereocenters. The average Bonchev–Trinajstić information content (AvgIpc) is 2.50. The molecule has 6 nitrogen and oxygen atoms in total. The Balaban J connectivity index is 2.38. The average molecular weight is 363 g/mol. The fraction of sp³-hybridized carbons (Fsp3) is 0.154. The second-order valence-electron chi connectivity index (χ2n) is 4.09. The number of methoxy groups -OCH3 is 2. The van der Waals surface area contributed by atoms with Crippen LogP contribution in [-0.2, 0) is 10.0 Å². The third kappa shape index (κ3) is 3.55. The molecule has 0 aliphatic heterocycles. The minimum Gasteiger partial charge on any atom is -0.481 e. The largest absolute Gasteiger partial charge is 0.481 e. The molecule has 0 fully saturated rings. The number of rotatable bonds is 5. The van der Waals surface area contributed by atoms with Crippen LogP contribution in [0, 0.1) is 0 Å². The summed E-state index contributed by atoms with van der Waals surface area (Å²) in [6, 6.07) is 7.01. The quantitative estimate of drug-likeness (QED) is 0.883. The highest BCUT2D eigenvalue weighted by atomic mass is 35.5. The predicted octanol–water partition coefficient (Wildman–Crippen LogP) is 3.21. The summed E-state index contributed by atoms with van der Waals surface area (Å²) in [4.78, 5) is 3.97. The molecule has 1 heterocycles. The van der Waals surface area contributed by atoms with E-state index < -0.39 is 10.0 Å². The second kappa shape index (κ2) is 6.60. The van der Waals surface area contributed by atoms with E-state index in [-0.39, 0.29) is 26.5 Å². The molecular weight excluding hydrogens is 351 g/mol. The molecule has 1 aromatic heterocycles. The number of ether oxygens (including phenoxy) is 2. The third-order valence-corrected chi connectivity index (χ3v) is 4.79. The summed E-state index contributed by atoms with van der Waals surface area (Å²) in [5.41, 5.74) is 0.175. The van der Waals surface area contributed by atoms with Crippen LogP contribution in [0.4, 0.5) is 5.69 Å². The number of anilines is 1. The monoisotopic (exact) mass is 362 g/mol. The Morgan fingerprint density at radius 1 is 1.05 bits per heavy atom. The fourth-order valence-electron chi connectivity index (χ4n) is 1.62. The Morgan fingerprint density at radius 3 is 2.36 bits per heavy atom. The molecular formula is C13H12Cl2N2O4S. The van der Waals surface area contributed by atoms with Gasteiger partial charge < -0.3 is 9.47 Å². The van der Waals surface area contributed by atoms with Crippen LogP contribution in [0.5, 0.6) is 11.8 Å². The van der Waals surface area contributed by atoms with Gasteiger partial charge in [-0.05, 0) is 24.3 Å². The number of nitrogens with zero attached hydrogens (tertiary/aromatic N) is 1. The van der Waals surface area contributed by atoms with Crippen molar-refractivity contribution in [3.05, 3.63) is 40.4 Å². The van der Waals surface area contributed by atoms with Crippen molar-refractivity contribution in [3.8, 4) is 11.8 Å². The number of hydrogen-bond acceptors (Lipinski definition) is 5. The fourth-order valence-corrected chi connectivity index (χ4v) is 3.06. The van der Waals surface area contributed by atoms with Crippen LogP contribution < -0.4 is 14.2 Å². The summed E-state index contributed by atoms with van der Waals surface area (Å²) >= 11 is 11.6. The molecule has 0 saturated carbocycles. The first-order chi connectivity index (χ1) is 10.4. The van der Waals surface area contributed by atoms with Gasteiger partial charge in [-0.15, -0.1) is 0 Å². The zero-order chi connectivity index (χ0) is 16.3. The maximum absolute atomic E-state index is 12.4. The van der Waals surface area contributed by atoms with Crippen LogP contribution in [0.25, 0.3) is 0 Å². The number of sulfonamides is 1. The molecule has 0 saturated heterocycles. The molecule has 1 aromatic carbocycles. The Labute approximate surface area is 138 Å². The SMILES string of the molecule is COc1ccc(NS(=O)(=O)c2ccc(Cl)c(Cl)c2)c(OC)n1. The molecule has 22 heavy (non-hydrogen) atoms. The van der Waals surface area contributed by atoms with Gasteiger partial charge in [0.1, 0.15) is 5.69 Å². The van der Waals surface area contributed by atoms with E-state index in [1.165, 1.54) is 44.6 Å². The Bertz CT molecular complexity index is 797. The first-order valence-electron chi connectivity index (χ1n) is 5.94. The maximum atomic E-state index is 12.4. The molecule has 0 radical (unpaired) electrons. The summed E-state index contributed by atoms with van der Waals surface area (Å²) < 4.78 is 37.1. The smallest absolute Gasteiger partial charge is 0.262 e. The first kappa shape index (κ1) is 16.7. The van der Waals surface area contributed by atoms with Crippen molar-refractivity contribution < 1.29 is 17.9 Å². The van der Waals surface area contributed by atoms with Gasteiger partial charge in [-0.1, -0.05) is 23.2 Å². The molecule has 1 N–H and O–H groups in total. The zero-order valence-corrected chi connectivity index (χ0v) is 14.0. The molecule has 0 spiro atoms. The van der Waals surface area contributed by atoms with E-state index in [9.17, 15) is 8.42 Å². The lowest BCUT2D eigenvalue weighted by atomic mass is 10.4. The summed E-state index contributed by atoms with van der Waals surface area (Å²) in [5, 5.41) is 0.411. The highest BCUT2D eigenvalue weighted by Gasteiger charge is 2.18. The molecule has 0 aliphatic carbocycles. The highest BCUT2D eigenvalue weighted by Crippen LogP contribution is 2.29. The summed E-state index contributed by atoms with van der Waals surface area (Å²) in [7, 11) is -1.04. The minimum absolute atomic E-state index is 0.0280. The van der Waals surface area contributed by atoms with Crippen molar-refractivity contribution >= 4 is 38.9 Å². The van der Waals surface area contributed by atoms with E-state index in [0.717, 1.165) is 0 Å². The van der Waals surface area contributed by atoms with E-state index >= 15 is 0 Å². The number of aromatic nitrogens is 1. The van der Waals surface area contributed by atoms with E-state index in [4.69, 9.17) is 32.7 Å². The Morgan fingerprint density at radius 2 is 1.77 bits per heavy atom. The molecule has 0 atom stereocenters. The van der Waals surface area contributed by atoms with Gasteiger partial charge in [0.2, 0.25) is 11.8 Å². The van der Waals surface area contributed by atoms with Crippen LogP contribution in [0.2, 0.25) is 10.0 Å². The normalized spacial score (nSPS) is 11.1. The van der Waals surface area contributed by atoms with Gasteiger partial charge in [0.05, 0.1) is 29.2 Å². The van der Waals surface area contributed by atoms with Crippen LogP contribution in [0.3, 0.4) is 0 Å². The maximum Gasteiger partial charge on any atom is 0.262 e. The number of pyridine rings is 1. The van der Waals surface area contributed by atoms with E-state index in [1.54, 1.807) is 0 Å². The lowest BCUT2D eigenvalue weighted by molar-refractivity contribution is 0.366. The number of benzene rings is 1.